The molecule has 0 bridgehead atoms. The van der Waals surface area contributed by atoms with Gasteiger partial charge in [0.25, 0.3) is 0 Å². The summed E-state index contributed by atoms with van der Waals surface area (Å²) in [5.74, 6) is 6.51. The lowest BCUT2D eigenvalue weighted by Gasteiger charge is -2.20. The third-order valence-electron chi connectivity index (χ3n) is 25.6. The molecular formula is C120H158N2O8. The molecule has 0 aliphatic rings. The summed E-state index contributed by atoms with van der Waals surface area (Å²) >= 11 is 0. The van der Waals surface area contributed by atoms with E-state index in [0.717, 1.165) is 322 Å². The Balaban J connectivity index is 0.997. The number of hydrogen-bond acceptors (Lipinski definition) is 10. The molecule has 0 atom stereocenters. The van der Waals surface area contributed by atoms with Gasteiger partial charge in [0.1, 0.15) is 46.0 Å². The number of nitrogens with zero attached hydrogens (tertiary/aromatic N) is 2. The Labute approximate surface area is 784 Å². The van der Waals surface area contributed by atoms with E-state index < -0.39 is 0 Å². The summed E-state index contributed by atoms with van der Waals surface area (Å²) in [7, 11) is 0. The van der Waals surface area contributed by atoms with E-state index in [2.05, 4.69) is 237 Å². The van der Waals surface area contributed by atoms with Crippen molar-refractivity contribution >= 4 is 89.3 Å². The topological polar surface area (TPSA) is 121 Å². The molecule has 10 aromatic rings. The van der Waals surface area contributed by atoms with Crippen LogP contribution in [-0.2, 0) is 0 Å². The van der Waals surface area contributed by atoms with Crippen LogP contribution in [0.1, 0.15) is 382 Å². The highest BCUT2D eigenvalue weighted by atomic mass is 16.5. The zero-order valence-corrected chi connectivity index (χ0v) is 81.3. The van der Waals surface area contributed by atoms with Crippen LogP contribution in [0.5, 0.6) is 46.0 Å². The van der Waals surface area contributed by atoms with E-state index >= 15 is 0 Å². The van der Waals surface area contributed by atoms with Crippen LogP contribution in [-0.4, -0.2) is 52.9 Å². The molecule has 0 aliphatic heterocycles. The van der Waals surface area contributed by atoms with Crippen LogP contribution in [0.4, 0.5) is 0 Å². The number of fused-ring (bicyclic) bond motifs is 5. The van der Waals surface area contributed by atoms with Crippen molar-refractivity contribution in [3.8, 4) is 58.1 Å². The number of rotatable bonds is 68. The average molecular weight is 1760 g/mol. The van der Waals surface area contributed by atoms with Crippen molar-refractivity contribution in [1.29, 1.82) is 10.5 Å². The van der Waals surface area contributed by atoms with Gasteiger partial charge < -0.3 is 37.9 Å². The fraction of sp³-hybridized carbons (Fsp3) is 0.500. The number of ether oxygens (including phenoxy) is 8. The van der Waals surface area contributed by atoms with Gasteiger partial charge in [0.2, 0.25) is 0 Å². The lowest BCUT2D eigenvalue weighted by atomic mass is 9.91. The van der Waals surface area contributed by atoms with Crippen molar-refractivity contribution in [3.05, 3.63) is 202 Å². The van der Waals surface area contributed by atoms with E-state index in [9.17, 15) is 10.5 Å². The predicted molar refractivity (Wildman–Crippen MR) is 555 cm³/mol. The Morgan fingerprint density at radius 1 is 0.215 bits per heavy atom. The normalized spacial score (nSPS) is 11.9. The molecule has 0 heterocycles. The molecule has 696 valence electrons. The molecule has 0 aromatic heterocycles. The molecule has 0 amide bonds. The number of benzene rings is 10. The first-order valence-corrected chi connectivity index (χ1v) is 51.7. The molecule has 0 saturated heterocycles. The molecule has 130 heavy (non-hydrogen) atoms. The minimum absolute atomic E-state index is 0.543. The Kier molecular flexibility index (Phi) is 47.1. The van der Waals surface area contributed by atoms with E-state index in [-0.39, 0.29) is 0 Å². The van der Waals surface area contributed by atoms with Gasteiger partial charge in [-0.3, -0.25) is 0 Å². The fourth-order valence-electron chi connectivity index (χ4n) is 17.9. The first-order valence-electron chi connectivity index (χ1n) is 51.7. The second kappa shape index (κ2) is 60.0. The minimum atomic E-state index is 0.543. The van der Waals surface area contributed by atoms with Crippen LogP contribution in [0.2, 0.25) is 0 Å². The molecule has 10 nitrogen and oxygen atoms in total. The van der Waals surface area contributed by atoms with Gasteiger partial charge in [-0.15, -0.1) is 0 Å². The van der Waals surface area contributed by atoms with Gasteiger partial charge in [-0.1, -0.05) is 372 Å². The van der Waals surface area contributed by atoms with Gasteiger partial charge >= 0.3 is 0 Å². The van der Waals surface area contributed by atoms with E-state index in [1.165, 1.54) is 116 Å². The molecule has 0 spiro atoms. The summed E-state index contributed by atoms with van der Waals surface area (Å²) in [4.78, 5) is 0. The van der Waals surface area contributed by atoms with Gasteiger partial charge in [-0.2, -0.15) is 10.5 Å². The van der Waals surface area contributed by atoms with Gasteiger partial charge in [0, 0.05) is 89.0 Å². The largest absolute Gasteiger partial charge is 0.494 e. The van der Waals surface area contributed by atoms with E-state index in [1.54, 1.807) is 12.2 Å². The quantitative estimate of drug-likeness (QED) is 0.0207. The van der Waals surface area contributed by atoms with Crippen LogP contribution in [0, 0.1) is 22.7 Å². The van der Waals surface area contributed by atoms with Crippen LogP contribution >= 0.6 is 0 Å². The smallest absolute Gasteiger partial charge is 0.135 e. The van der Waals surface area contributed by atoms with E-state index in [4.69, 9.17) is 37.9 Å². The summed E-state index contributed by atoms with van der Waals surface area (Å²) < 4.78 is 55.3. The first kappa shape index (κ1) is 102. The Bertz CT molecular complexity index is 4920. The van der Waals surface area contributed by atoms with Gasteiger partial charge in [0.15, 0.2) is 0 Å². The number of hydrogen-bond donors (Lipinski definition) is 0. The molecule has 10 heteroatoms. The van der Waals surface area contributed by atoms with Crippen molar-refractivity contribution in [2.45, 2.75) is 338 Å². The molecule has 10 aromatic carbocycles. The number of unbranched alkanes of at least 4 members (excludes halogenated alkanes) is 36. The fourth-order valence-corrected chi connectivity index (χ4v) is 17.9. The highest BCUT2D eigenvalue weighted by Crippen LogP contribution is 2.47. The number of nitriles is 2. The lowest BCUT2D eigenvalue weighted by molar-refractivity contribution is 0.304. The summed E-state index contributed by atoms with van der Waals surface area (Å²) in [6.45, 7) is 22.8. The van der Waals surface area contributed by atoms with Crippen molar-refractivity contribution in [2.75, 3.05) is 52.9 Å². The predicted octanol–water partition coefficient (Wildman–Crippen LogP) is 36.1. The highest BCUT2D eigenvalue weighted by Gasteiger charge is 2.24. The van der Waals surface area contributed by atoms with Crippen molar-refractivity contribution in [1.82, 2.24) is 0 Å². The molecule has 0 saturated carbocycles. The van der Waals surface area contributed by atoms with Crippen LogP contribution in [0.25, 0.3) is 89.3 Å². The zero-order valence-electron chi connectivity index (χ0n) is 81.3. The summed E-state index contributed by atoms with van der Waals surface area (Å²) in [6.07, 6.45) is 63.6. The molecule has 0 aliphatic carbocycles. The third kappa shape index (κ3) is 32.1. The first-order chi connectivity index (χ1) is 64.2. The maximum absolute atomic E-state index is 10.7. The lowest BCUT2D eigenvalue weighted by Crippen LogP contribution is -2.04. The Morgan fingerprint density at radius 3 is 0.685 bits per heavy atom. The second-order valence-electron chi connectivity index (χ2n) is 36.1. The third-order valence-corrected chi connectivity index (χ3v) is 25.6. The standard InChI is InChI=1S/C120H158N2O8/c1-9-17-25-33-35-37-39-41-43-51-81-123-103-67-61-97-89-101(59-57-99(97)91-103)105(77-79-121)107-73-75-111-113(119(107)129-87-49-31-23-15-7)71-65-95(117(111)127-85-47-29-21-13-5)55-53-93-63-69-110-109(115(93)125-83-45-27-19-11-3)70-64-94(116(110)126-84-46-28-20-12-4)54-56-96-66-72-114-112(118(96)128-86-48-30-22-14-6)76-74-108(120(114)130-88-50-32-24-16-8)106(78-80-122)102-60-58-100-92-104(68-62-98(100)90-102)124-82-52-44-42-40-38-36-34-26-18-10-2/h53-78,89-92H,9-52,81-88H2,1-8H3/b55-53+,56-54+,105-77-,106-78-. The summed E-state index contributed by atoms with van der Waals surface area (Å²) in [6, 6.07) is 56.9. The highest BCUT2D eigenvalue weighted by molar-refractivity contribution is 6.05. The second-order valence-corrected chi connectivity index (χ2v) is 36.1. The van der Waals surface area contributed by atoms with Crippen LogP contribution < -0.4 is 37.9 Å². The van der Waals surface area contributed by atoms with Crippen LogP contribution in [0.15, 0.2) is 158 Å². The zero-order chi connectivity index (χ0) is 91.2. The van der Waals surface area contributed by atoms with E-state index in [0.29, 0.717) is 52.9 Å². The summed E-state index contributed by atoms with van der Waals surface area (Å²) in [5.41, 5.74) is 9.06. The average Bonchev–Trinajstić information content (AvgIpc) is 0.763. The minimum Gasteiger partial charge on any atom is -0.494 e. The van der Waals surface area contributed by atoms with Crippen molar-refractivity contribution in [3.63, 3.8) is 0 Å². The maximum atomic E-state index is 10.7. The van der Waals surface area contributed by atoms with Gasteiger partial charge in [0.05, 0.1) is 65.0 Å². The van der Waals surface area contributed by atoms with Crippen molar-refractivity contribution in [2.24, 2.45) is 0 Å². The molecule has 0 radical (unpaired) electrons. The monoisotopic (exact) mass is 1760 g/mol. The van der Waals surface area contributed by atoms with Crippen LogP contribution in [0.3, 0.4) is 0 Å². The van der Waals surface area contributed by atoms with Crippen molar-refractivity contribution < 1.29 is 37.9 Å². The molecule has 0 N–H and O–H groups in total. The van der Waals surface area contributed by atoms with Gasteiger partial charge in [-0.05, 0) is 169 Å². The SMILES string of the molecule is CCCCCCCCCCCCOc1ccc2cc(/C(=C/C#N)c3ccc4c(OCCCCCC)c(/C=C/c5ccc6c(OCCCCCC)c(/C=C/c7ccc8c(OCCCCCC)c(/C(=C\C#N)c9ccc%10cc(OCCCCCCCCCCCC)ccc%10c9)ccc8c7OCCCCCC)ccc6c5OCCCCCC)ccc4c3OCCCCCC)ccc2c1. The molecular weight excluding hydrogens is 1600 g/mol. The number of allylic oxidation sites excluding steroid dienone is 2. The Morgan fingerprint density at radius 2 is 0.423 bits per heavy atom. The van der Waals surface area contributed by atoms with Gasteiger partial charge in [-0.25, -0.2) is 0 Å². The molecule has 10 rings (SSSR count). The summed E-state index contributed by atoms with van der Waals surface area (Å²) in [5, 5.41) is 31.4. The molecule has 0 fully saturated rings. The Hall–Kier alpha value is -10.2. The van der Waals surface area contributed by atoms with E-state index in [1.807, 2.05) is 0 Å². The molecule has 0 unspecified atom stereocenters. The maximum Gasteiger partial charge on any atom is 0.135 e.